The summed E-state index contributed by atoms with van der Waals surface area (Å²) in [4.78, 5) is 0. The second-order valence-electron chi connectivity index (χ2n) is 4.85. The molecule has 2 aromatic carbocycles. The smallest absolute Gasteiger partial charge is 0.149 e. The van der Waals surface area contributed by atoms with E-state index in [1.54, 1.807) is 0 Å². The van der Waals surface area contributed by atoms with E-state index in [0.29, 0.717) is 0 Å². The molecule has 3 heteroatoms. The largest absolute Gasteiger partial charge is 0.455 e. The van der Waals surface area contributed by atoms with Gasteiger partial charge < -0.3 is 4.42 Å². The molecule has 1 heterocycles. The van der Waals surface area contributed by atoms with E-state index in [0.717, 1.165) is 30.7 Å². The van der Waals surface area contributed by atoms with E-state index in [9.17, 15) is 0 Å². The molecular weight excluding hydrogens is 391 g/mol. The third-order valence-corrected chi connectivity index (χ3v) is 5.02. The van der Waals surface area contributed by atoms with Gasteiger partial charge in [-0.3, -0.25) is 0 Å². The summed E-state index contributed by atoms with van der Waals surface area (Å²) < 4.78 is 7.92. The van der Waals surface area contributed by atoms with Gasteiger partial charge in [-0.05, 0) is 29.5 Å². The minimum absolute atomic E-state index is 0.802. The Balaban J connectivity index is 2.19. The lowest BCUT2D eigenvalue weighted by molar-refractivity contribution is 0.577. The molecular formula is C18H13IOS. The maximum absolute atomic E-state index is 6.13. The lowest BCUT2D eigenvalue weighted by Crippen LogP contribution is -1.87. The number of aryl methyl sites for hydroxylation is 1. The Hall–Kier alpha value is -1.46. The zero-order chi connectivity index (χ0) is 14.8. The highest BCUT2D eigenvalue weighted by molar-refractivity contribution is 14.1. The van der Waals surface area contributed by atoms with Crippen LogP contribution in [-0.4, -0.2) is 0 Å². The van der Waals surface area contributed by atoms with Gasteiger partial charge in [0.1, 0.15) is 11.5 Å². The van der Waals surface area contributed by atoms with Crippen LogP contribution in [0.5, 0.6) is 0 Å². The van der Waals surface area contributed by atoms with Crippen LogP contribution in [0.2, 0.25) is 0 Å². The highest BCUT2D eigenvalue weighted by Gasteiger charge is 2.11. The average Bonchev–Trinajstić information content (AvgIpc) is 2.52. The lowest BCUT2D eigenvalue weighted by Gasteiger charge is -2.08. The molecule has 104 valence electrons. The van der Waals surface area contributed by atoms with Crippen molar-refractivity contribution in [2.45, 2.75) is 6.92 Å². The molecule has 0 aliphatic rings. The molecule has 0 saturated heterocycles. The van der Waals surface area contributed by atoms with Gasteiger partial charge in [0.05, 0.1) is 8.08 Å². The molecule has 0 N–H and O–H groups in total. The van der Waals surface area contributed by atoms with E-state index in [-0.39, 0.29) is 0 Å². The first-order valence-corrected chi connectivity index (χ1v) is 8.10. The highest BCUT2D eigenvalue weighted by Crippen LogP contribution is 2.31. The summed E-state index contributed by atoms with van der Waals surface area (Å²) in [5.41, 5.74) is 3.31. The molecule has 3 aromatic rings. The Morgan fingerprint density at radius 2 is 1.57 bits per heavy atom. The molecule has 0 spiro atoms. The lowest BCUT2D eigenvalue weighted by atomic mass is 10.1. The Bertz CT molecular complexity index is 820. The molecule has 1 aromatic heterocycles. The van der Waals surface area contributed by atoms with Gasteiger partial charge in [0.15, 0.2) is 0 Å². The molecule has 0 amide bonds. The van der Waals surface area contributed by atoms with E-state index >= 15 is 0 Å². The number of hydrogen-bond acceptors (Lipinski definition) is 2. The summed E-state index contributed by atoms with van der Waals surface area (Å²) in [7, 11) is 0. The van der Waals surface area contributed by atoms with Crippen LogP contribution in [0.4, 0.5) is 0 Å². The molecule has 1 nitrogen and oxygen atoms in total. The first kappa shape index (κ1) is 14.5. The topological polar surface area (TPSA) is 13.1 Å². The molecule has 0 aliphatic carbocycles. The Kier molecular flexibility index (Phi) is 4.22. The fourth-order valence-electron chi connectivity index (χ4n) is 2.11. The van der Waals surface area contributed by atoms with Gasteiger partial charge in [-0.2, -0.15) is 0 Å². The first-order chi connectivity index (χ1) is 10.1. The predicted octanol–water partition coefficient (Wildman–Crippen LogP) is 6.26. The van der Waals surface area contributed by atoms with Crippen molar-refractivity contribution < 1.29 is 4.42 Å². The minimum atomic E-state index is 0.802. The van der Waals surface area contributed by atoms with Crippen LogP contribution in [0.15, 0.2) is 65.1 Å². The average molecular weight is 404 g/mol. The molecule has 0 fully saturated rings. The van der Waals surface area contributed by atoms with Crippen LogP contribution in [0.25, 0.3) is 22.6 Å². The van der Waals surface area contributed by atoms with E-state index in [1.807, 2.05) is 36.4 Å². The van der Waals surface area contributed by atoms with E-state index in [1.165, 1.54) is 5.56 Å². The second-order valence-corrected chi connectivity index (χ2v) is 6.37. The monoisotopic (exact) mass is 404 g/mol. The quantitative estimate of drug-likeness (QED) is 0.370. The summed E-state index contributed by atoms with van der Waals surface area (Å²) >= 11 is 7.74. The van der Waals surface area contributed by atoms with E-state index in [2.05, 4.69) is 53.8 Å². The van der Waals surface area contributed by atoms with Gasteiger partial charge in [-0.15, -0.1) is 0 Å². The van der Waals surface area contributed by atoms with Crippen LogP contribution >= 0.6 is 34.8 Å². The fraction of sp³-hybridized carbons (Fsp3) is 0.0556. The van der Waals surface area contributed by atoms with Gasteiger partial charge in [-0.1, -0.05) is 72.4 Å². The van der Waals surface area contributed by atoms with Crippen molar-refractivity contribution in [3.63, 3.8) is 0 Å². The maximum Gasteiger partial charge on any atom is 0.149 e. The summed E-state index contributed by atoms with van der Waals surface area (Å²) in [5, 5.41) is 0. The van der Waals surface area contributed by atoms with Crippen molar-refractivity contribution in [3.8, 4) is 22.6 Å². The number of halogens is 1. The summed E-state index contributed by atoms with van der Waals surface area (Å²) in [6.07, 6.45) is 0. The number of benzene rings is 2. The van der Waals surface area contributed by atoms with Crippen molar-refractivity contribution in [1.29, 1.82) is 0 Å². The third-order valence-electron chi connectivity index (χ3n) is 3.26. The van der Waals surface area contributed by atoms with Crippen LogP contribution in [-0.2, 0) is 0 Å². The zero-order valence-corrected chi connectivity index (χ0v) is 14.4. The second kappa shape index (κ2) is 6.12. The van der Waals surface area contributed by atoms with Gasteiger partial charge in [0.2, 0.25) is 0 Å². The van der Waals surface area contributed by atoms with Crippen molar-refractivity contribution in [2.24, 2.45) is 0 Å². The van der Waals surface area contributed by atoms with Crippen molar-refractivity contribution >= 4 is 34.8 Å². The van der Waals surface area contributed by atoms with Crippen LogP contribution in [0.1, 0.15) is 5.56 Å². The van der Waals surface area contributed by atoms with Gasteiger partial charge in [-0.25, -0.2) is 0 Å². The molecule has 3 rings (SSSR count). The van der Waals surface area contributed by atoms with Crippen LogP contribution < -0.4 is 0 Å². The van der Waals surface area contributed by atoms with Gasteiger partial charge in [0, 0.05) is 17.2 Å². The van der Waals surface area contributed by atoms with E-state index < -0.39 is 0 Å². The summed E-state index contributed by atoms with van der Waals surface area (Å²) in [6, 6.07) is 20.3. The molecule has 0 atom stereocenters. The predicted molar refractivity (Wildman–Crippen MR) is 97.9 cm³/mol. The highest BCUT2D eigenvalue weighted by atomic mass is 127. The van der Waals surface area contributed by atoms with E-state index in [4.69, 9.17) is 16.6 Å². The molecule has 0 saturated carbocycles. The van der Waals surface area contributed by atoms with Gasteiger partial charge >= 0.3 is 0 Å². The molecule has 0 aliphatic heterocycles. The molecule has 0 radical (unpaired) electrons. The summed E-state index contributed by atoms with van der Waals surface area (Å²) in [5.74, 6) is 1.64. The minimum Gasteiger partial charge on any atom is -0.455 e. The summed E-state index contributed by atoms with van der Waals surface area (Å²) in [6.45, 7) is 2.07. The molecule has 21 heavy (non-hydrogen) atoms. The first-order valence-electron chi connectivity index (χ1n) is 6.61. The zero-order valence-electron chi connectivity index (χ0n) is 11.5. The molecule has 0 unspecified atom stereocenters. The SMILES string of the molecule is Cc1ccc(-c2oc(-c3ccccc3)cc(=S)c2I)cc1. The molecule has 0 bridgehead atoms. The van der Waals surface area contributed by atoms with Crippen molar-refractivity contribution in [2.75, 3.05) is 0 Å². The van der Waals surface area contributed by atoms with Gasteiger partial charge in [0.25, 0.3) is 0 Å². The van der Waals surface area contributed by atoms with Crippen LogP contribution in [0.3, 0.4) is 0 Å². The third kappa shape index (κ3) is 3.09. The number of hydrogen-bond donors (Lipinski definition) is 0. The maximum atomic E-state index is 6.13. The van der Waals surface area contributed by atoms with Crippen molar-refractivity contribution in [3.05, 3.63) is 74.3 Å². The standard InChI is InChI=1S/C18H13IOS/c1-12-7-9-14(10-8-12)18-17(19)16(21)11-15(20-18)13-5-3-2-4-6-13/h2-11H,1H3. The Morgan fingerprint density at radius 1 is 0.905 bits per heavy atom. The fourth-order valence-corrected chi connectivity index (χ4v) is 2.89. The Morgan fingerprint density at radius 3 is 2.24 bits per heavy atom. The normalized spacial score (nSPS) is 10.6. The Labute approximate surface area is 142 Å². The van der Waals surface area contributed by atoms with Crippen molar-refractivity contribution in [1.82, 2.24) is 0 Å². The van der Waals surface area contributed by atoms with Crippen LogP contribution in [0, 0.1) is 15.0 Å². The number of rotatable bonds is 2.